The zero-order valence-corrected chi connectivity index (χ0v) is 21.3. The van der Waals surface area contributed by atoms with Gasteiger partial charge in [-0.25, -0.2) is 0 Å². The van der Waals surface area contributed by atoms with E-state index in [1.165, 1.54) is 19.2 Å². The topological polar surface area (TPSA) is 70.6 Å². The van der Waals surface area contributed by atoms with Gasteiger partial charge >= 0.3 is 6.18 Å². The molecule has 0 unspecified atom stereocenters. The molecule has 182 valence electrons. The van der Waals surface area contributed by atoms with Crippen molar-refractivity contribution in [1.82, 2.24) is 5.32 Å². The molecule has 0 aliphatic carbocycles. The van der Waals surface area contributed by atoms with Crippen LogP contribution in [0.25, 0.3) is 0 Å². The molecule has 2 aromatic carbocycles. The Balaban J connectivity index is 2.16. The third kappa shape index (κ3) is 7.13. The van der Waals surface area contributed by atoms with Gasteiger partial charge in [-0.1, -0.05) is 56.8 Å². The molecule has 1 amide bonds. The summed E-state index contributed by atoms with van der Waals surface area (Å²) in [6, 6.07) is 6.56. The molecule has 2 rings (SSSR count). The van der Waals surface area contributed by atoms with E-state index in [-0.39, 0.29) is 40.0 Å². The normalized spacial score (nSPS) is 14.5. The summed E-state index contributed by atoms with van der Waals surface area (Å²) >= 11 is 20.9. The number of benzene rings is 2. The maximum Gasteiger partial charge on any atom is 0.423 e. The first kappa shape index (κ1) is 28.0. The Morgan fingerprint density at radius 2 is 1.79 bits per heavy atom. The second kappa shape index (κ2) is 11.5. The van der Waals surface area contributed by atoms with Gasteiger partial charge in [0.25, 0.3) is 0 Å². The Bertz CT molecular complexity index is 987. The average molecular weight is 593 g/mol. The number of aliphatic hydroxyl groups is 1. The minimum atomic E-state index is -5.04. The molecule has 0 radical (unpaired) electrons. The molecular formula is C21H21BrCl3F3N2O3. The number of carbonyl (C=O) groups is 1. The van der Waals surface area contributed by atoms with Gasteiger partial charge in [0.15, 0.2) is 0 Å². The van der Waals surface area contributed by atoms with Gasteiger partial charge in [-0.15, -0.1) is 0 Å². The summed E-state index contributed by atoms with van der Waals surface area (Å²) < 4.78 is 47.1. The molecule has 0 aliphatic heterocycles. The van der Waals surface area contributed by atoms with Gasteiger partial charge in [-0.2, -0.15) is 13.2 Å². The lowest BCUT2D eigenvalue weighted by atomic mass is 9.92. The quantitative estimate of drug-likeness (QED) is 0.299. The minimum absolute atomic E-state index is 0.108. The van der Waals surface area contributed by atoms with Crippen LogP contribution in [0.1, 0.15) is 24.5 Å². The number of methoxy groups -OCH3 is 1. The van der Waals surface area contributed by atoms with Crippen molar-refractivity contribution in [3.63, 3.8) is 0 Å². The predicted octanol–water partition coefficient (Wildman–Crippen LogP) is 6.31. The molecule has 12 heteroatoms. The zero-order valence-electron chi connectivity index (χ0n) is 17.5. The molecule has 0 aliphatic rings. The van der Waals surface area contributed by atoms with Gasteiger partial charge < -0.3 is 20.5 Å². The first-order valence-electron chi connectivity index (χ1n) is 9.54. The number of ether oxygens (including phenoxy) is 1. The van der Waals surface area contributed by atoms with E-state index in [0.29, 0.717) is 15.7 Å². The molecule has 5 nitrogen and oxygen atoms in total. The molecule has 0 spiro atoms. The van der Waals surface area contributed by atoms with Crippen molar-refractivity contribution < 1.29 is 27.8 Å². The second-order valence-corrected chi connectivity index (χ2v) is 9.35. The third-order valence-electron chi connectivity index (χ3n) is 4.88. The van der Waals surface area contributed by atoms with Crippen molar-refractivity contribution in [2.45, 2.75) is 37.8 Å². The zero-order chi connectivity index (χ0) is 25.0. The van der Waals surface area contributed by atoms with E-state index in [0.717, 1.165) is 12.1 Å². The van der Waals surface area contributed by atoms with Crippen LogP contribution in [0.4, 0.5) is 18.9 Å². The number of carbonyl (C=O) groups excluding carboxylic acids is 1. The molecular weight excluding hydrogens is 571 g/mol. The van der Waals surface area contributed by atoms with Crippen molar-refractivity contribution in [1.29, 1.82) is 0 Å². The molecule has 33 heavy (non-hydrogen) atoms. The lowest BCUT2D eigenvalue weighted by Crippen LogP contribution is -2.47. The summed E-state index contributed by atoms with van der Waals surface area (Å²) in [5, 5.41) is 15.4. The highest BCUT2D eigenvalue weighted by molar-refractivity contribution is 9.10. The Hall–Kier alpha value is -1.23. The van der Waals surface area contributed by atoms with Crippen molar-refractivity contribution in [2.24, 2.45) is 0 Å². The van der Waals surface area contributed by atoms with Crippen molar-refractivity contribution in [3.8, 4) is 0 Å². The van der Waals surface area contributed by atoms with Crippen LogP contribution in [0, 0.1) is 0 Å². The number of halogens is 7. The van der Waals surface area contributed by atoms with Gasteiger partial charge in [0, 0.05) is 23.8 Å². The van der Waals surface area contributed by atoms with Gasteiger partial charge in [0.2, 0.25) is 11.5 Å². The fourth-order valence-corrected chi connectivity index (χ4v) is 3.92. The monoisotopic (exact) mass is 590 g/mol. The summed E-state index contributed by atoms with van der Waals surface area (Å²) in [6.45, 7) is 1.07. The van der Waals surface area contributed by atoms with Gasteiger partial charge in [-0.3, -0.25) is 4.79 Å². The highest BCUT2D eigenvalue weighted by Crippen LogP contribution is 2.43. The van der Waals surface area contributed by atoms with E-state index >= 15 is 0 Å². The number of alkyl halides is 3. The van der Waals surface area contributed by atoms with E-state index < -0.39 is 23.9 Å². The Kier molecular flexibility index (Phi) is 9.73. The van der Waals surface area contributed by atoms with Crippen LogP contribution in [-0.4, -0.2) is 36.9 Å². The van der Waals surface area contributed by atoms with E-state index in [1.807, 2.05) is 0 Å². The van der Waals surface area contributed by atoms with Crippen molar-refractivity contribution in [2.75, 3.05) is 19.0 Å². The summed E-state index contributed by atoms with van der Waals surface area (Å²) in [4.78, 5) is 11.9. The molecule has 0 aromatic heterocycles. The van der Waals surface area contributed by atoms with Crippen LogP contribution in [0.2, 0.25) is 15.1 Å². The molecule has 0 saturated carbocycles. The molecule has 0 fully saturated rings. The minimum Gasteiger partial charge on any atom is -0.381 e. The molecule has 2 atom stereocenters. The molecule has 2 aromatic rings. The standard InChI is InChI=1S/C21H21BrCl3F3N2O3/c1-11(33-2)5-18(31)29-9-12-3-4-14(8-15(12)22)30-10-20(32,21(26,27)28)13-6-16(23)19(25)17(24)7-13/h3-4,6-8,11,30,32H,5,9-10H2,1-2H3,(H,29,31)/t11-,20+/m0/s1. The average Bonchev–Trinajstić information content (AvgIpc) is 2.73. The van der Waals surface area contributed by atoms with Crippen LogP contribution in [0.5, 0.6) is 0 Å². The van der Waals surface area contributed by atoms with Gasteiger partial charge in [0.05, 0.1) is 34.1 Å². The Morgan fingerprint density at radius 1 is 1.18 bits per heavy atom. The smallest absolute Gasteiger partial charge is 0.381 e. The fraction of sp³-hybridized carbons (Fsp3) is 0.381. The number of hydrogen-bond donors (Lipinski definition) is 3. The highest BCUT2D eigenvalue weighted by atomic mass is 79.9. The molecule has 3 N–H and O–H groups in total. The number of rotatable bonds is 9. The summed E-state index contributed by atoms with van der Waals surface area (Å²) in [7, 11) is 1.51. The second-order valence-electron chi connectivity index (χ2n) is 7.30. The fourth-order valence-electron chi connectivity index (χ4n) is 2.80. The molecule has 0 heterocycles. The predicted molar refractivity (Wildman–Crippen MR) is 127 cm³/mol. The molecule has 0 bridgehead atoms. The van der Waals surface area contributed by atoms with E-state index in [4.69, 9.17) is 39.5 Å². The van der Waals surface area contributed by atoms with E-state index in [9.17, 15) is 23.1 Å². The van der Waals surface area contributed by atoms with E-state index in [2.05, 4.69) is 26.6 Å². The first-order valence-corrected chi connectivity index (χ1v) is 11.5. The van der Waals surface area contributed by atoms with Crippen molar-refractivity contribution >= 4 is 62.3 Å². The number of anilines is 1. The summed E-state index contributed by atoms with van der Waals surface area (Å²) in [5.41, 5.74) is -2.83. The lowest BCUT2D eigenvalue weighted by Gasteiger charge is -2.32. The maximum absolute atomic E-state index is 13.8. The van der Waals surface area contributed by atoms with Crippen LogP contribution in [0.15, 0.2) is 34.8 Å². The Morgan fingerprint density at radius 3 is 2.30 bits per heavy atom. The van der Waals surface area contributed by atoms with Crippen LogP contribution in [-0.2, 0) is 21.7 Å². The largest absolute Gasteiger partial charge is 0.423 e. The van der Waals surface area contributed by atoms with Crippen LogP contribution < -0.4 is 10.6 Å². The number of hydrogen-bond acceptors (Lipinski definition) is 4. The van der Waals surface area contributed by atoms with Crippen LogP contribution in [0.3, 0.4) is 0 Å². The van der Waals surface area contributed by atoms with Crippen molar-refractivity contribution in [3.05, 3.63) is 61.0 Å². The summed E-state index contributed by atoms with van der Waals surface area (Å²) in [5.74, 6) is -0.200. The lowest BCUT2D eigenvalue weighted by molar-refractivity contribution is -0.260. The van der Waals surface area contributed by atoms with Crippen LogP contribution >= 0.6 is 50.7 Å². The number of amides is 1. The maximum atomic E-state index is 13.8. The first-order chi connectivity index (χ1) is 15.3. The Labute approximate surface area is 212 Å². The highest BCUT2D eigenvalue weighted by Gasteiger charge is 2.55. The SMILES string of the molecule is CO[C@@H](C)CC(=O)NCc1ccc(NC[C@@](O)(c2cc(Cl)c(Cl)c(Cl)c2)C(F)(F)F)cc1Br. The third-order valence-corrected chi connectivity index (χ3v) is 6.82. The number of nitrogens with one attached hydrogen (secondary N) is 2. The van der Waals surface area contributed by atoms with Gasteiger partial charge in [-0.05, 0) is 42.3 Å². The summed E-state index contributed by atoms with van der Waals surface area (Å²) in [6.07, 6.45) is -5.07. The van der Waals surface area contributed by atoms with Gasteiger partial charge in [0.1, 0.15) is 0 Å². The molecule has 0 saturated heterocycles. The van der Waals surface area contributed by atoms with E-state index in [1.54, 1.807) is 13.0 Å².